The Kier molecular flexibility index (Phi) is 4.22. The van der Waals surface area contributed by atoms with Gasteiger partial charge in [0.25, 0.3) is 0 Å². The average molecular weight is 320 g/mol. The van der Waals surface area contributed by atoms with Gasteiger partial charge in [-0.25, -0.2) is 12.8 Å². The van der Waals surface area contributed by atoms with Crippen molar-refractivity contribution in [1.82, 2.24) is 9.29 Å². The SMILES string of the molecule is O=S(=O)(Cc1ccc(F)cc1)N1CCCC1c1cccnc1. The Morgan fingerprint density at radius 2 is 2.00 bits per heavy atom. The zero-order valence-electron chi connectivity index (χ0n) is 12.0. The zero-order valence-corrected chi connectivity index (χ0v) is 12.8. The summed E-state index contributed by atoms with van der Waals surface area (Å²) in [6, 6.07) is 9.17. The third-order valence-electron chi connectivity index (χ3n) is 3.89. The fraction of sp³-hybridized carbons (Fsp3) is 0.312. The molecular weight excluding hydrogens is 303 g/mol. The quantitative estimate of drug-likeness (QED) is 0.870. The standard InChI is InChI=1S/C16H17FN2O2S/c17-15-7-5-13(6-8-15)12-22(20,21)19-10-2-4-16(19)14-3-1-9-18-11-14/h1,3,5-9,11,16H,2,4,10,12H2. The van der Waals surface area contributed by atoms with Crippen molar-refractivity contribution in [2.24, 2.45) is 0 Å². The molecule has 3 rings (SSSR count). The number of sulfonamides is 1. The molecule has 0 amide bonds. The highest BCUT2D eigenvalue weighted by atomic mass is 32.2. The minimum Gasteiger partial charge on any atom is -0.264 e. The van der Waals surface area contributed by atoms with Crippen LogP contribution in [0.3, 0.4) is 0 Å². The molecule has 0 N–H and O–H groups in total. The molecule has 1 aromatic heterocycles. The van der Waals surface area contributed by atoms with Crippen LogP contribution in [0.2, 0.25) is 0 Å². The molecule has 1 aliphatic rings. The van der Waals surface area contributed by atoms with Crippen LogP contribution in [0.1, 0.15) is 30.0 Å². The van der Waals surface area contributed by atoms with Crippen LogP contribution in [-0.4, -0.2) is 24.3 Å². The molecule has 0 aliphatic carbocycles. The summed E-state index contributed by atoms with van der Waals surface area (Å²) in [5.74, 6) is -0.472. The van der Waals surface area contributed by atoms with Crippen molar-refractivity contribution in [2.45, 2.75) is 24.6 Å². The summed E-state index contributed by atoms with van der Waals surface area (Å²) in [6.07, 6.45) is 5.03. The van der Waals surface area contributed by atoms with Crippen LogP contribution in [-0.2, 0) is 15.8 Å². The molecule has 0 bridgehead atoms. The van der Waals surface area contributed by atoms with Crippen LogP contribution in [0.4, 0.5) is 4.39 Å². The van der Waals surface area contributed by atoms with Crippen molar-refractivity contribution in [1.29, 1.82) is 0 Å². The maximum Gasteiger partial charge on any atom is 0.218 e. The minimum absolute atomic E-state index is 0.107. The van der Waals surface area contributed by atoms with E-state index in [-0.39, 0.29) is 17.6 Å². The predicted octanol–water partition coefficient (Wildman–Crippen LogP) is 2.89. The number of rotatable bonds is 4. The Morgan fingerprint density at radius 3 is 2.68 bits per heavy atom. The van der Waals surface area contributed by atoms with E-state index in [0.717, 1.165) is 18.4 Å². The smallest absolute Gasteiger partial charge is 0.218 e. The van der Waals surface area contributed by atoms with Crippen LogP contribution in [0, 0.1) is 5.82 Å². The maximum absolute atomic E-state index is 12.9. The van der Waals surface area contributed by atoms with Crippen molar-refractivity contribution < 1.29 is 12.8 Å². The van der Waals surface area contributed by atoms with Gasteiger partial charge in [0.1, 0.15) is 5.82 Å². The molecule has 1 atom stereocenters. The molecule has 2 aromatic rings. The van der Waals surface area contributed by atoms with E-state index in [1.807, 2.05) is 12.1 Å². The molecule has 0 spiro atoms. The second-order valence-corrected chi connectivity index (χ2v) is 7.36. The molecule has 0 radical (unpaired) electrons. The van der Waals surface area contributed by atoms with Gasteiger partial charge >= 0.3 is 0 Å². The molecule has 1 aromatic carbocycles. The van der Waals surface area contributed by atoms with E-state index in [2.05, 4.69) is 4.98 Å². The summed E-state index contributed by atoms with van der Waals surface area (Å²) in [4.78, 5) is 4.08. The van der Waals surface area contributed by atoms with Gasteiger partial charge in [0.15, 0.2) is 0 Å². The molecule has 1 saturated heterocycles. The van der Waals surface area contributed by atoms with E-state index < -0.39 is 10.0 Å². The van der Waals surface area contributed by atoms with E-state index in [4.69, 9.17) is 0 Å². The molecule has 2 heterocycles. The summed E-state index contributed by atoms with van der Waals surface area (Å²) in [5.41, 5.74) is 1.51. The van der Waals surface area contributed by atoms with E-state index >= 15 is 0 Å². The third kappa shape index (κ3) is 3.18. The number of halogens is 1. The first-order valence-electron chi connectivity index (χ1n) is 7.20. The highest BCUT2D eigenvalue weighted by Gasteiger charge is 2.35. The van der Waals surface area contributed by atoms with Crippen LogP contribution in [0.15, 0.2) is 48.8 Å². The van der Waals surface area contributed by atoms with E-state index in [9.17, 15) is 12.8 Å². The summed E-state index contributed by atoms with van der Waals surface area (Å²) in [6.45, 7) is 0.517. The molecule has 1 unspecified atom stereocenters. The van der Waals surface area contributed by atoms with Gasteiger partial charge in [0.2, 0.25) is 10.0 Å². The molecule has 0 saturated carbocycles. The van der Waals surface area contributed by atoms with Gasteiger partial charge in [-0.2, -0.15) is 4.31 Å². The maximum atomic E-state index is 12.9. The third-order valence-corrected chi connectivity index (χ3v) is 5.74. The first-order valence-corrected chi connectivity index (χ1v) is 8.81. The predicted molar refractivity (Wildman–Crippen MR) is 81.9 cm³/mol. The number of pyridine rings is 1. The Hall–Kier alpha value is -1.79. The summed E-state index contributed by atoms with van der Waals surface area (Å²) in [7, 11) is -3.44. The molecule has 116 valence electrons. The normalized spacial score (nSPS) is 19.4. The van der Waals surface area contributed by atoms with Crippen LogP contribution in [0.25, 0.3) is 0 Å². The van der Waals surface area contributed by atoms with Crippen molar-refractivity contribution in [3.8, 4) is 0 Å². The fourth-order valence-electron chi connectivity index (χ4n) is 2.85. The first kappa shape index (κ1) is 15.1. The fourth-order valence-corrected chi connectivity index (χ4v) is 4.66. The van der Waals surface area contributed by atoms with Gasteiger partial charge < -0.3 is 0 Å². The van der Waals surface area contributed by atoms with E-state index in [1.165, 1.54) is 24.3 Å². The zero-order chi connectivity index (χ0) is 15.6. The molecular formula is C16H17FN2O2S. The summed E-state index contributed by atoms with van der Waals surface area (Å²) in [5, 5.41) is 0. The largest absolute Gasteiger partial charge is 0.264 e. The van der Waals surface area contributed by atoms with E-state index in [0.29, 0.717) is 12.1 Å². The van der Waals surface area contributed by atoms with Crippen molar-refractivity contribution in [3.63, 3.8) is 0 Å². The van der Waals surface area contributed by atoms with Gasteiger partial charge in [0.05, 0.1) is 11.8 Å². The van der Waals surface area contributed by atoms with Crippen molar-refractivity contribution in [3.05, 3.63) is 65.7 Å². The number of hydrogen-bond donors (Lipinski definition) is 0. The second-order valence-electron chi connectivity index (χ2n) is 5.44. The number of aromatic nitrogens is 1. The summed E-state index contributed by atoms with van der Waals surface area (Å²) < 4.78 is 39.9. The van der Waals surface area contributed by atoms with Gasteiger partial charge in [0, 0.05) is 18.9 Å². The number of hydrogen-bond acceptors (Lipinski definition) is 3. The molecule has 1 fully saturated rings. The number of nitrogens with zero attached hydrogens (tertiary/aromatic N) is 2. The monoisotopic (exact) mass is 320 g/mol. The molecule has 6 heteroatoms. The highest BCUT2D eigenvalue weighted by Crippen LogP contribution is 2.34. The highest BCUT2D eigenvalue weighted by molar-refractivity contribution is 7.88. The average Bonchev–Trinajstić information content (AvgIpc) is 3.01. The molecule has 22 heavy (non-hydrogen) atoms. The van der Waals surface area contributed by atoms with Crippen LogP contribution < -0.4 is 0 Å². The van der Waals surface area contributed by atoms with Crippen LogP contribution in [0.5, 0.6) is 0 Å². The second kappa shape index (κ2) is 6.14. The van der Waals surface area contributed by atoms with E-state index in [1.54, 1.807) is 16.7 Å². The van der Waals surface area contributed by atoms with Gasteiger partial charge in [-0.05, 0) is 42.2 Å². The Morgan fingerprint density at radius 1 is 1.23 bits per heavy atom. The van der Waals surface area contributed by atoms with Crippen molar-refractivity contribution >= 4 is 10.0 Å². The Bertz CT molecular complexity index is 733. The Balaban J connectivity index is 1.83. The minimum atomic E-state index is -3.44. The number of benzene rings is 1. The lowest BCUT2D eigenvalue weighted by molar-refractivity contribution is 0.395. The lowest BCUT2D eigenvalue weighted by Gasteiger charge is -2.24. The van der Waals surface area contributed by atoms with Gasteiger partial charge in [-0.15, -0.1) is 0 Å². The summed E-state index contributed by atoms with van der Waals surface area (Å²) >= 11 is 0. The lowest BCUT2D eigenvalue weighted by atomic mass is 10.1. The molecule has 4 nitrogen and oxygen atoms in total. The van der Waals surface area contributed by atoms with Gasteiger partial charge in [-0.1, -0.05) is 18.2 Å². The van der Waals surface area contributed by atoms with Crippen LogP contribution >= 0.6 is 0 Å². The molecule has 1 aliphatic heterocycles. The topological polar surface area (TPSA) is 50.3 Å². The lowest BCUT2D eigenvalue weighted by Crippen LogP contribution is -2.31. The van der Waals surface area contributed by atoms with Gasteiger partial charge in [-0.3, -0.25) is 4.98 Å². The Labute approximate surface area is 129 Å². The van der Waals surface area contributed by atoms with Crippen molar-refractivity contribution in [2.75, 3.05) is 6.54 Å². The first-order chi connectivity index (χ1) is 10.6.